The molecule has 8 heteroatoms. The van der Waals surface area contributed by atoms with Crippen molar-refractivity contribution in [1.82, 2.24) is 0 Å². The van der Waals surface area contributed by atoms with Crippen LogP contribution in [0.4, 0.5) is 11.4 Å². The molecule has 0 spiro atoms. The van der Waals surface area contributed by atoms with Gasteiger partial charge in [-0.05, 0) is 42.3 Å². The Morgan fingerprint density at radius 2 is 1.90 bits per heavy atom. The van der Waals surface area contributed by atoms with Crippen LogP contribution < -0.4 is 10.2 Å². The molecular formula is C21H20Cl2N2O4. The molecule has 1 aliphatic rings. The second-order valence-corrected chi connectivity index (χ2v) is 7.55. The van der Waals surface area contributed by atoms with Crippen molar-refractivity contribution in [2.75, 3.05) is 23.4 Å². The molecule has 0 aromatic heterocycles. The molecule has 3 rings (SSSR count). The molecule has 1 fully saturated rings. The van der Waals surface area contributed by atoms with Gasteiger partial charge in [-0.25, -0.2) is 0 Å². The van der Waals surface area contributed by atoms with Crippen LogP contribution in [0, 0.1) is 5.92 Å². The van der Waals surface area contributed by atoms with E-state index in [4.69, 9.17) is 27.9 Å². The fraction of sp³-hybridized carbons (Fsp3) is 0.286. The van der Waals surface area contributed by atoms with Crippen LogP contribution in [-0.4, -0.2) is 30.9 Å². The zero-order valence-corrected chi connectivity index (χ0v) is 17.3. The smallest absolute Gasteiger partial charge is 0.311 e. The van der Waals surface area contributed by atoms with E-state index in [-0.39, 0.29) is 18.9 Å². The van der Waals surface area contributed by atoms with Gasteiger partial charge in [0.2, 0.25) is 5.91 Å². The highest BCUT2D eigenvalue weighted by Crippen LogP contribution is 2.33. The first kappa shape index (κ1) is 21.1. The molecule has 1 N–H and O–H groups in total. The molecule has 1 saturated heterocycles. The summed E-state index contributed by atoms with van der Waals surface area (Å²) in [5.74, 6) is -1.97. The second-order valence-electron chi connectivity index (χ2n) is 6.71. The number of hydrogen-bond acceptors (Lipinski definition) is 4. The van der Waals surface area contributed by atoms with Gasteiger partial charge < -0.3 is 15.0 Å². The van der Waals surface area contributed by atoms with Crippen LogP contribution in [-0.2, 0) is 25.5 Å². The number of rotatable bonds is 6. The Balaban J connectivity index is 1.53. The van der Waals surface area contributed by atoms with Gasteiger partial charge in [0.15, 0.2) is 6.61 Å². The maximum atomic E-state index is 12.3. The number of halogens is 2. The van der Waals surface area contributed by atoms with E-state index in [9.17, 15) is 14.4 Å². The third kappa shape index (κ3) is 5.28. The minimum Gasteiger partial charge on any atom is -0.455 e. The maximum absolute atomic E-state index is 12.3. The molecule has 6 nitrogen and oxygen atoms in total. The third-order valence-corrected chi connectivity index (χ3v) is 5.20. The van der Waals surface area contributed by atoms with Gasteiger partial charge in [0.1, 0.15) is 0 Å². The molecular weight excluding hydrogens is 415 g/mol. The number of nitrogens with one attached hydrogen (secondary N) is 1. The monoisotopic (exact) mass is 434 g/mol. The Morgan fingerprint density at radius 1 is 1.17 bits per heavy atom. The van der Waals surface area contributed by atoms with Gasteiger partial charge in [0.25, 0.3) is 5.91 Å². The first-order valence-corrected chi connectivity index (χ1v) is 9.93. The number of carbonyl (C=O) groups is 3. The number of aryl methyl sites for hydroxylation is 1. The molecule has 152 valence electrons. The summed E-state index contributed by atoms with van der Waals surface area (Å²) < 4.78 is 5.10. The van der Waals surface area contributed by atoms with Crippen molar-refractivity contribution < 1.29 is 19.1 Å². The summed E-state index contributed by atoms with van der Waals surface area (Å²) in [7, 11) is 0. The normalized spacial score (nSPS) is 16.0. The Morgan fingerprint density at radius 3 is 2.59 bits per heavy atom. The van der Waals surface area contributed by atoms with Gasteiger partial charge in [-0.3, -0.25) is 14.4 Å². The number of esters is 1. The number of amides is 2. The topological polar surface area (TPSA) is 75.7 Å². The first-order valence-electron chi connectivity index (χ1n) is 9.18. The van der Waals surface area contributed by atoms with E-state index in [0.717, 1.165) is 12.0 Å². The summed E-state index contributed by atoms with van der Waals surface area (Å²) in [6, 6.07) is 12.2. The minimum absolute atomic E-state index is 0.0121. The lowest BCUT2D eigenvalue weighted by Gasteiger charge is -2.18. The number of hydrogen-bond donors (Lipinski definition) is 1. The van der Waals surface area contributed by atoms with E-state index in [1.54, 1.807) is 30.3 Å². The van der Waals surface area contributed by atoms with Crippen LogP contribution in [0.3, 0.4) is 0 Å². The molecule has 0 radical (unpaired) electrons. The number of ether oxygens (including phenoxy) is 1. The highest BCUT2D eigenvalue weighted by atomic mass is 35.5. The van der Waals surface area contributed by atoms with Gasteiger partial charge in [0, 0.05) is 23.7 Å². The lowest BCUT2D eigenvalue weighted by Crippen LogP contribution is -2.28. The summed E-state index contributed by atoms with van der Waals surface area (Å²) in [5, 5.41) is 3.47. The fourth-order valence-electron chi connectivity index (χ4n) is 3.07. The van der Waals surface area contributed by atoms with Crippen molar-refractivity contribution in [3.63, 3.8) is 0 Å². The molecule has 1 heterocycles. The average Bonchev–Trinajstić information content (AvgIpc) is 3.10. The highest BCUT2D eigenvalue weighted by Gasteiger charge is 2.37. The van der Waals surface area contributed by atoms with Crippen LogP contribution >= 0.6 is 23.2 Å². The Kier molecular flexibility index (Phi) is 6.77. The van der Waals surface area contributed by atoms with Crippen LogP contribution in [0.2, 0.25) is 10.0 Å². The molecule has 29 heavy (non-hydrogen) atoms. The Hall–Kier alpha value is -2.57. The lowest BCUT2D eigenvalue weighted by atomic mass is 10.1. The molecule has 1 atom stereocenters. The standard InChI is InChI=1S/C21H20Cl2N2O4/c1-2-13-3-6-16(7-4-13)24-19(26)12-29-21(28)14-9-20(27)25(11-14)18-10-15(22)5-8-17(18)23/h3-8,10,14H,2,9,11-12H2,1H3,(H,24,26)/t14-/m0/s1. The van der Waals surface area contributed by atoms with Gasteiger partial charge >= 0.3 is 5.97 Å². The summed E-state index contributed by atoms with van der Waals surface area (Å²) in [6.45, 7) is 1.75. The quantitative estimate of drug-likeness (QED) is 0.694. The molecule has 1 aliphatic heterocycles. The van der Waals surface area contributed by atoms with Crippen LogP contribution in [0.25, 0.3) is 0 Å². The minimum atomic E-state index is -0.672. The van der Waals surface area contributed by atoms with Crippen molar-refractivity contribution in [3.8, 4) is 0 Å². The zero-order chi connectivity index (χ0) is 21.0. The number of anilines is 2. The van der Waals surface area contributed by atoms with Crippen molar-refractivity contribution >= 4 is 52.4 Å². The van der Waals surface area contributed by atoms with Gasteiger partial charge in [0.05, 0.1) is 16.6 Å². The summed E-state index contributed by atoms with van der Waals surface area (Å²) in [4.78, 5) is 38.1. The fourth-order valence-corrected chi connectivity index (χ4v) is 3.45. The predicted molar refractivity (Wildman–Crippen MR) is 112 cm³/mol. The average molecular weight is 435 g/mol. The number of carbonyl (C=O) groups excluding carboxylic acids is 3. The van der Waals surface area contributed by atoms with E-state index >= 15 is 0 Å². The second kappa shape index (κ2) is 9.29. The largest absolute Gasteiger partial charge is 0.455 e. The van der Waals surface area contributed by atoms with Crippen molar-refractivity contribution in [3.05, 3.63) is 58.1 Å². The van der Waals surface area contributed by atoms with Crippen LogP contribution in [0.15, 0.2) is 42.5 Å². The Bertz CT molecular complexity index is 931. The van der Waals surface area contributed by atoms with Crippen LogP contribution in [0.1, 0.15) is 18.9 Å². The van der Waals surface area contributed by atoms with E-state index in [0.29, 0.717) is 21.4 Å². The summed E-state index contributed by atoms with van der Waals surface area (Å²) in [5.41, 5.74) is 2.23. The van der Waals surface area contributed by atoms with Gasteiger partial charge in [-0.2, -0.15) is 0 Å². The summed E-state index contributed by atoms with van der Waals surface area (Å²) in [6.07, 6.45) is 0.894. The van der Waals surface area contributed by atoms with Crippen molar-refractivity contribution in [1.29, 1.82) is 0 Å². The van der Waals surface area contributed by atoms with E-state index in [2.05, 4.69) is 5.32 Å². The third-order valence-electron chi connectivity index (χ3n) is 4.65. The molecule has 0 bridgehead atoms. The van der Waals surface area contributed by atoms with E-state index in [1.165, 1.54) is 4.90 Å². The maximum Gasteiger partial charge on any atom is 0.311 e. The van der Waals surface area contributed by atoms with Gasteiger partial charge in [-0.1, -0.05) is 42.3 Å². The zero-order valence-electron chi connectivity index (χ0n) is 15.8. The van der Waals surface area contributed by atoms with Crippen LogP contribution in [0.5, 0.6) is 0 Å². The molecule has 0 saturated carbocycles. The van der Waals surface area contributed by atoms with E-state index in [1.807, 2.05) is 19.1 Å². The number of nitrogens with zero attached hydrogens (tertiary/aromatic N) is 1. The first-order chi connectivity index (χ1) is 13.9. The van der Waals surface area contributed by atoms with E-state index < -0.39 is 24.4 Å². The molecule has 2 aromatic carbocycles. The van der Waals surface area contributed by atoms with Gasteiger partial charge in [-0.15, -0.1) is 0 Å². The predicted octanol–water partition coefficient (Wildman–Crippen LogP) is 4.09. The summed E-state index contributed by atoms with van der Waals surface area (Å²) >= 11 is 12.1. The molecule has 2 amide bonds. The molecule has 0 unspecified atom stereocenters. The van der Waals surface area contributed by atoms with Crippen molar-refractivity contribution in [2.45, 2.75) is 19.8 Å². The Labute approximate surface area is 178 Å². The lowest BCUT2D eigenvalue weighted by molar-refractivity contribution is -0.151. The highest BCUT2D eigenvalue weighted by molar-refractivity contribution is 6.35. The number of benzene rings is 2. The molecule has 0 aliphatic carbocycles. The SMILES string of the molecule is CCc1ccc(NC(=O)COC(=O)[C@H]2CC(=O)N(c3cc(Cl)ccc3Cl)C2)cc1. The van der Waals surface area contributed by atoms with Crippen molar-refractivity contribution in [2.24, 2.45) is 5.92 Å². The molecule has 2 aromatic rings.